The van der Waals surface area contributed by atoms with Crippen molar-refractivity contribution in [3.63, 3.8) is 0 Å². The van der Waals surface area contributed by atoms with E-state index >= 15 is 0 Å². The van der Waals surface area contributed by atoms with Gasteiger partial charge in [-0.15, -0.1) is 24.0 Å². The monoisotopic (exact) mass is 575 g/mol. The summed E-state index contributed by atoms with van der Waals surface area (Å²) in [5.74, 6) is 0.312. The van der Waals surface area contributed by atoms with Gasteiger partial charge in [0, 0.05) is 20.0 Å². The van der Waals surface area contributed by atoms with Gasteiger partial charge in [-0.25, -0.2) is 12.7 Å². The van der Waals surface area contributed by atoms with Crippen molar-refractivity contribution in [1.29, 1.82) is 0 Å². The van der Waals surface area contributed by atoms with Gasteiger partial charge in [0.05, 0.1) is 33.4 Å². The van der Waals surface area contributed by atoms with Crippen LogP contribution in [0.4, 0.5) is 0 Å². The Kier molecular flexibility index (Phi) is 23.0. The van der Waals surface area contributed by atoms with E-state index in [2.05, 4.69) is 28.1 Å². The lowest BCUT2D eigenvalue weighted by molar-refractivity contribution is -0.870. The summed E-state index contributed by atoms with van der Waals surface area (Å²) in [6.45, 7) is 3.91. The number of hydrogen-bond donors (Lipinski definition) is 0. The lowest BCUT2D eigenvalue weighted by atomic mass is 10.0. The van der Waals surface area contributed by atoms with Crippen LogP contribution in [-0.4, -0.2) is 64.2 Å². The van der Waals surface area contributed by atoms with Crippen LogP contribution in [0.5, 0.6) is 0 Å². The van der Waals surface area contributed by atoms with Gasteiger partial charge in [-0.05, 0) is 6.42 Å². The van der Waals surface area contributed by atoms with Gasteiger partial charge < -0.3 is 4.48 Å². The van der Waals surface area contributed by atoms with E-state index in [0.717, 1.165) is 30.3 Å². The Morgan fingerprint density at radius 2 is 0.968 bits per heavy atom. The number of nitrogens with zero attached hydrogens (tertiary/aromatic N) is 2. The highest BCUT2D eigenvalue weighted by atomic mass is 127. The van der Waals surface area contributed by atoms with E-state index in [1.807, 2.05) is 0 Å². The fraction of sp³-hybridized carbons (Fsp3) is 1.00. The molecule has 31 heavy (non-hydrogen) atoms. The van der Waals surface area contributed by atoms with Crippen molar-refractivity contribution >= 4 is 34.0 Å². The van der Waals surface area contributed by atoms with Crippen LogP contribution in [0.15, 0.2) is 0 Å². The van der Waals surface area contributed by atoms with Gasteiger partial charge in [0.15, 0.2) is 0 Å². The molecule has 0 saturated carbocycles. The minimum Gasteiger partial charge on any atom is -0.331 e. The maximum atomic E-state index is 12.4. The molecule has 6 heteroatoms. The van der Waals surface area contributed by atoms with Gasteiger partial charge in [-0.1, -0.05) is 103 Å². The van der Waals surface area contributed by atoms with E-state index in [-0.39, 0.29) is 24.0 Å². The van der Waals surface area contributed by atoms with Crippen molar-refractivity contribution in [2.45, 2.75) is 116 Å². The van der Waals surface area contributed by atoms with Crippen molar-refractivity contribution in [2.24, 2.45) is 0 Å². The third-order valence-corrected chi connectivity index (χ3v) is 7.97. The summed E-state index contributed by atoms with van der Waals surface area (Å²) in [7, 11) is 5.09. The van der Waals surface area contributed by atoms with E-state index in [1.165, 1.54) is 89.9 Å². The van der Waals surface area contributed by atoms with E-state index in [9.17, 15) is 8.42 Å². The summed E-state index contributed by atoms with van der Waals surface area (Å²) in [5, 5.41) is 0. The zero-order chi connectivity index (χ0) is 22.7. The van der Waals surface area contributed by atoms with Crippen molar-refractivity contribution < 1.29 is 12.9 Å². The van der Waals surface area contributed by atoms with Crippen LogP contribution in [0.1, 0.15) is 116 Å². The van der Waals surface area contributed by atoms with E-state index in [0.29, 0.717) is 12.3 Å². The topological polar surface area (TPSA) is 37.4 Å². The third kappa shape index (κ3) is 23.6. The number of halogens is 1. The number of quaternary nitrogens is 1. The normalized spacial score (nSPS) is 12.3. The summed E-state index contributed by atoms with van der Waals surface area (Å²) in [4.78, 5) is 0. The molecule has 0 heterocycles. The lowest BCUT2D eigenvalue weighted by Crippen LogP contribution is -2.38. The van der Waals surface area contributed by atoms with Gasteiger partial charge in [0.1, 0.15) is 0 Å². The SMILES string of the molecule is CCCCCCCCCCCCCCCCCCS(=O)(=O)N(C)CCC[N+](C)(C)C.I. The molecule has 0 fully saturated rings. The Labute approximate surface area is 213 Å². The van der Waals surface area contributed by atoms with Crippen LogP contribution in [0, 0.1) is 0 Å². The Morgan fingerprint density at radius 3 is 1.32 bits per heavy atom. The van der Waals surface area contributed by atoms with Gasteiger partial charge in [-0.2, -0.15) is 0 Å². The molecule has 0 aliphatic rings. The maximum Gasteiger partial charge on any atom is 0.213 e. The zero-order valence-corrected chi connectivity index (χ0v) is 24.8. The molecular formula is C25H56IN2O2S+. The second-order valence-electron chi connectivity index (χ2n) is 10.3. The molecule has 0 N–H and O–H groups in total. The average Bonchev–Trinajstić information content (AvgIpc) is 2.66. The number of unbranched alkanes of at least 4 members (excludes halogenated alkanes) is 15. The molecule has 0 radical (unpaired) electrons. The van der Waals surface area contributed by atoms with Gasteiger partial charge >= 0.3 is 0 Å². The fourth-order valence-corrected chi connectivity index (χ4v) is 5.18. The van der Waals surface area contributed by atoms with Crippen LogP contribution in [0.25, 0.3) is 0 Å². The van der Waals surface area contributed by atoms with Crippen LogP contribution in [0.3, 0.4) is 0 Å². The summed E-state index contributed by atoms with van der Waals surface area (Å²) in [6.07, 6.45) is 21.9. The quantitative estimate of drug-likeness (QED) is 0.0777. The predicted octanol–water partition coefficient (Wildman–Crippen LogP) is 7.22. The van der Waals surface area contributed by atoms with Gasteiger partial charge in [-0.3, -0.25) is 0 Å². The molecule has 0 aliphatic heterocycles. The maximum absolute atomic E-state index is 12.4. The van der Waals surface area contributed by atoms with Crippen molar-refractivity contribution in [1.82, 2.24) is 4.31 Å². The first kappa shape index (κ1) is 33.8. The van der Waals surface area contributed by atoms with Crippen LogP contribution in [-0.2, 0) is 10.0 Å². The minimum atomic E-state index is -3.07. The molecule has 190 valence electrons. The molecule has 0 amide bonds. The molecular weight excluding hydrogens is 519 g/mol. The fourth-order valence-electron chi connectivity index (χ4n) is 3.90. The first-order chi connectivity index (χ1) is 14.2. The highest BCUT2D eigenvalue weighted by Gasteiger charge is 2.18. The molecule has 0 aliphatic carbocycles. The highest BCUT2D eigenvalue weighted by Crippen LogP contribution is 2.14. The Morgan fingerprint density at radius 1 is 0.613 bits per heavy atom. The summed E-state index contributed by atoms with van der Waals surface area (Å²) in [6, 6.07) is 0. The minimum absolute atomic E-state index is 0. The zero-order valence-electron chi connectivity index (χ0n) is 21.7. The second kappa shape index (κ2) is 21.2. The standard InChI is InChI=1S/C25H55N2O2S.HI/c1-6-7-8-9-10-11-12-13-14-15-16-17-18-19-20-21-25-30(28,29)26(2)23-22-24-27(3,4)5;/h6-25H2,1-5H3;1H/q+1;. The summed E-state index contributed by atoms with van der Waals surface area (Å²) >= 11 is 0. The Balaban J connectivity index is 0. The Hall–Kier alpha value is 0.600. The molecule has 0 bridgehead atoms. The van der Waals surface area contributed by atoms with Crippen LogP contribution >= 0.6 is 24.0 Å². The molecule has 0 rings (SSSR count). The molecule has 0 aromatic carbocycles. The largest absolute Gasteiger partial charge is 0.331 e. The molecule has 0 unspecified atom stereocenters. The van der Waals surface area contributed by atoms with E-state index in [1.54, 1.807) is 11.4 Å². The van der Waals surface area contributed by atoms with Crippen LogP contribution in [0.2, 0.25) is 0 Å². The van der Waals surface area contributed by atoms with Crippen molar-refractivity contribution in [3.8, 4) is 0 Å². The number of hydrogen-bond acceptors (Lipinski definition) is 2. The molecule has 0 atom stereocenters. The summed E-state index contributed by atoms with van der Waals surface area (Å²) in [5.41, 5.74) is 0. The average molecular weight is 576 g/mol. The first-order valence-corrected chi connectivity index (χ1v) is 14.5. The molecule has 0 spiro atoms. The van der Waals surface area contributed by atoms with Crippen molar-refractivity contribution in [3.05, 3.63) is 0 Å². The molecule has 4 nitrogen and oxygen atoms in total. The first-order valence-electron chi connectivity index (χ1n) is 12.9. The molecule has 0 aromatic heterocycles. The molecule has 0 saturated heterocycles. The van der Waals surface area contributed by atoms with Gasteiger partial charge in [0.2, 0.25) is 10.0 Å². The van der Waals surface area contributed by atoms with Gasteiger partial charge in [0.25, 0.3) is 0 Å². The van der Waals surface area contributed by atoms with E-state index < -0.39 is 10.0 Å². The lowest BCUT2D eigenvalue weighted by Gasteiger charge is -2.25. The van der Waals surface area contributed by atoms with Crippen molar-refractivity contribution in [2.75, 3.05) is 47.0 Å². The molecule has 0 aromatic rings. The predicted molar refractivity (Wildman–Crippen MR) is 149 cm³/mol. The Bertz CT molecular complexity index is 478. The third-order valence-electron chi connectivity index (χ3n) is 6.03. The summed E-state index contributed by atoms with van der Waals surface area (Å²) < 4.78 is 27.2. The van der Waals surface area contributed by atoms with Crippen LogP contribution < -0.4 is 0 Å². The number of sulfonamides is 1. The smallest absolute Gasteiger partial charge is 0.213 e. The van der Waals surface area contributed by atoms with E-state index in [4.69, 9.17) is 0 Å². The number of rotatable bonds is 22. The second-order valence-corrected chi connectivity index (χ2v) is 12.5. The highest BCUT2D eigenvalue weighted by molar-refractivity contribution is 14.0.